The monoisotopic (exact) mass is 487 g/mol. The van der Waals surface area contributed by atoms with Crippen molar-refractivity contribution in [3.05, 3.63) is 57.5 Å². The number of rotatable bonds is 7. The lowest BCUT2D eigenvalue weighted by Gasteiger charge is -2.28. The Morgan fingerprint density at radius 1 is 1.33 bits per heavy atom. The molecule has 3 aliphatic rings. The van der Waals surface area contributed by atoms with Gasteiger partial charge in [-0.3, -0.25) is 4.99 Å². The quantitative estimate of drug-likeness (QED) is 0.521. The maximum absolute atomic E-state index is 6.82. The molecular weight excluding hydrogens is 458 g/mol. The summed E-state index contributed by atoms with van der Waals surface area (Å²) >= 11 is 8.45. The molecule has 1 aromatic heterocycles. The average Bonchev–Trinajstić information content (AvgIpc) is 2.82. The van der Waals surface area contributed by atoms with Crippen LogP contribution >= 0.6 is 23.4 Å². The van der Waals surface area contributed by atoms with Crippen molar-refractivity contribution in [3.8, 4) is 0 Å². The third kappa shape index (κ3) is 4.99. The van der Waals surface area contributed by atoms with Crippen LogP contribution < -0.4 is 16.4 Å². The summed E-state index contributed by atoms with van der Waals surface area (Å²) in [4.78, 5) is 9.61. The first-order valence-electron chi connectivity index (χ1n) is 10.8. The van der Waals surface area contributed by atoms with Crippen molar-refractivity contribution in [1.29, 1.82) is 0 Å². The first-order chi connectivity index (χ1) is 15.9. The summed E-state index contributed by atoms with van der Waals surface area (Å²) in [6, 6.07) is 2.06. The average molecular weight is 488 g/mol. The van der Waals surface area contributed by atoms with E-state index in [9.17, 15) is 0 Å². The van der Waals surface area contributed by atoms with E-state index in [4.69, 9.17) is 31.8 Å². The van der Waals surface area contributed by atoms with E-state index in [2.05, 4.69) is 21.7 Å². The Morgan fingerprint density at radius 3 is 2.85 bits per heavy atom. The summed E-state index contributed by atoms with van der Waals surface area (Å²) in [6.07, 6.45) is 11.2. The number of methoxy groups -OCH3 is 2. The van der Waals surface area contributed by atoms with Crippen molar-refractivity contribution in [2.24, 2.45) is 10.7 Å². The molecule has 3 unspecified atom stereocenters. The number of ether oxygens (including phenoxy) is 2. The molecule has 0 saturated heterocycles. The normalized spacial score (nSPS) is 24.4. The molecule has 1 aliphatic heterocycles. The number of thioether (sulfide) groups is 1. The molecule has 0 bridgehead atoms. The molecule has 0 spiro atoms. The van der Waals surface area contributed by atoms with Crippen molar-refractivity contribution in [2.75, 3.05) is 37.7 Å². The molecule has 0 aromatic carbocycles. The first-order valence-corrected chi connectivity index (χ1v) is 12.5. The number of hydrogen-bond acceptors (Lipinski definition) is 8. The highest BCUT2D eigenvalue weighted by Gasteiger charge is 2.30. The van der Waals surface area contributed by atoms with E-state index in [1.807, 2.05) is 37.6 Å². The Labute approximate surface area is 204 Å². The summed E-state index contributed by atoms with van der Waals surface area (Å²) in [5, 5.41) is 7.62. The second-order valence-corrected chi connectivity index (χ2v) is 9.49. The minimum Gasteiger partial charge on any atom is -0.501 e. The van der Waals surface area contributed by atoms with Gasteiger partial charge in [0.25, 0.3) is 0 Å². The number of nitrogens with two attached hydrogens (primary N) is 1. The van der Waals surface area contributed by atoms with E-state index in [1.165, 1.54) is 5.57 Å². The lowest BCUT2D eigenvalue weighted by Crippen LogP contribution is -2.24. The molecular formula is C24H30ClN5O2S. The zero-order valence-electron chi connectivity index (χ0n) is 19.3. The first kappa shape index (κ1) is 23.9. The molecule has 1 aromatic rings. The zero-order chi connectivity index (χ0) is 23.5. The maximum Gasteiger partial charge on any atom is 0.166 e. The number of allylic oxidation sites excluding steroid dienone is 4. The number of halogens is 1. The van der Waals surface area contributed by atoms with Crippen LogP contribution in [0.2, 0.25) is 0 Å². The summed E-state index contributed by atoms with van der Waals surface area (Å²) < 4.78 is 11.3. The highest BCUT2D eigenvalue weighted by atomic mass is 35.5. The molecule has 4 N–H and O–H groups in total. The Kier molecular flexibility index (Phi) is 7.48. The fourth-order valence-electron chi connectivity index (χ4n) is 4.23. The van der Waals surface area contributed by atoms with Gasteiger partial charge >= 0.3 is 0 Å². The lowest BCUT2D eigenvalue weighted by molar-refractivity contribution is 0.118. The van der Waals surface area contributed by atoms with Crippen LogP contribution in [0.3, 0.4) is 0 Å². The van der Waals surface area contributed by atoms with Crippen LogP contribution in [0.15, 0.2) is 51.2 Å². The van der Waals surface area contributed by atoms with Crippen LogP contribution in [-0.2, 0) is 9.47 Å². The number of aliphatic imine (C=N–C) groups is 1. The molecule has 9 heteroatoms. The Balaban J connectivity index is 1.77. The molecule has 7 nitrogen and oxygen atoms in total. The topological polar surface area (TPSA) is 93.8 Å². The summed E-state index contributed by atoms with van der Waals surface area (Å²) in [5.41, 5.74) is 11.7. The number of hydrogen-bond donors (Lipinski definition) is 3. The third-order valence-electron chi connectivity index (χ3n) is 6.03. The number of pyridine rings is 1. The predicted molar refractivity (Wildman–Crippen MR) is 139 cm³/mol. The number of nitrogens with zero attached hydrogens (tertiary/aromatic N) is 2. The van der Waals surface area contributed by atoms with Gasteiger partial charge in [-0.1, -0.05) is 29.8 Å². The van der Waals surface area contributed by atoms with Crippen LogP contribution in [0.5, 0.6) is 0 Å². The lowest BCUT2D eigenvalue weighted by atomic mass is 9.91. The molecule has 176 valence electrons. The van der Waals surface area contributed by atoms with Crippen LogP contribution in [-0.4, -0.2) is 55.9 Å². The smallest absolute Gasteiger partial charge is 0.166 e. The van der Waals surface area contributed by atoms with E-state index >= 15 is 0 Å². The number of nitrogens with one attached hydrogen (secondary N) is 2. The molecule has 4 rings (SSSR count). The van der Waals surface area contributed by atoms with Gasteiger partial charge in [-0.25, -0.2) is 4.98 Å². The van der Waals surface area contributed by atoms with Gasteiger partial charge in [0.15, 0.2) is 11.3 Å². The number of fused-ring (bicyclic) bond motifs is 1. The molecule has 0 radical (unpaired) electrons. The van der Waals surface area contributed by atoms with Gasteiger partial charge in [-0.15, -0.1) is 11.8 Å². The molecule has 2 aliphatic carbocycles. The van der Waals surface area contributed by atoms with Crippen molar-refractivity contribution in [2.45, 2.75) is 37.4 Å². The summed E-state index contributed by atoms with van der Waals surface area (Å²) in [5.74, 6) is 1.60. The van der Waals surface area contributed by atoms with Gasteiger partial charge < -0.3 is 25.8 Å². The molecule has 3 atom stereocenters. The van der Waals surface area contributed by atoms with Crippen molar-refractivity contribution < 1.29 is 9.47 Å². The van der Waals surface area contributed by atoms with Crippen molar-refractivity contribution >= 4 is 46.7 Å². The highest BCUT2D eigenvalue weighted by Crippen LogP contribution is 2.41. The minimum atomic E-state index is -0.275. The van der Waals surface area contributed by atoms with Crippen LogP contribution in [0.4, 0.5) is 11.5 Å². The third-order valence-corrected chi connectivity index (χ3v) is 7.15. The number of anilines is 2. The summed E-state index contributed by atoms with van der Waals surface area (Å²) in [6.45, 7) is 2.66. The molecule has 2 heterocycles. The van der Waals surface area contributed by atoms with E-state index in [0.29, 0.717) is 18.0 Å². The maximum atomic E-state index is 6.82. The van der Waals surface area contributed by atoms with Crippen molar-refractivity contribution in [3.63, 3.8) is 0 Å². The SMILES string of the molecule is COC1=C(C)C(c2cc3c(c(NCC4=CC=CC(N)C4)n2)NC(SC)N=C3)=C(Cl)C(OC)C1. The van der Waals surface area contributed by atoms with E-state index in [-0.39, 0.29) is 17.6 Å². The van der Waals surface area contributed by atoms with Gasteiger partial charge in [-0.2, -0.15) is 0 Å². The van der Waals surface area contributed by atoms with Crippen LogP contribution in [0.1, 0.15) is 31.0 Å². The Hall–Kier alpha value is -2.26. The largest absolute Gasteiger partial charge is 0.501 e. The van der Waals surface area contributed by atoms with Gasteiger partial charge in [0.2, 0.25) is 0 Å². The Morgan fingerprint density at radius 2 is 2.15 bits per heavy atom. The molecule has 0 amide bonds. The Bertz CT molecular complexity index is 1080. The number of aromatic nitrogens is 1. The van der Waals surface area contributed by atoms with Gasteiger partial charge in [0, 0.05) is 43.5 Å². The van der Waals surface area contributed by atoms with Crippen molar-refractivity contribution in [1.82, 2.24) is 4.98 Å². The standard InChI is InChI=1S/C24H30ClN5O2S/c1-13-18(31-2)10-19(32-3)21(25)20(13)17-9-15-12-28-24(33-4)30-22(15)23(29-17)27-11-14-6-5-7-16(26)8-14/h5-7,9,12,16,19,24,30H,8,10-11,26H2,1-4H3,(H,27,29). The highest BCUT2D eigenvalue weighted by molar-refractivity contribution is 7.99. The van der Waals surface area contributed by atoms with Gasteiger partial charge in [-0.05, 0) is 36.8 Å². The van der Waals surface area contributed by atoms with E-state index in [0.717, 1.165) is 46.1 Å². The second-order valence-electron chi connectivity index (χ2n) is 8.17. The molecule has 0 saturated carbocycles. The zero-order valence-corrected chi connectivity index (χ0v) is 20.9. The summed E-state index contributed by atoms with van der Waals surface area (Å²) in [7, 11) is 3.33. The fraction of sp³-hybridized carbons (Fsp3) is 0.417. The van der Waals surface area contributed by atoms with Crippen LogP contribution in [0.25, 0.3) is 5.57 Å². The molecule has 33 heavy (non-hydrogen) atoms. The van der Waals surface area contributed by atoms with Gasteiger partial charge in [0.05, 0.1) is 23.5 Å². The molecule has 0 fully saturated rings. The van der Waals surface area contributed by atoms with E-state index < -0.39 is 0 Å². The fourth-order valence-corrected chi connectivity index (χ4v) is 5.06. The minimum absolute atomic E-state index is 0.0450. The van der Waals surface area contributed by atoms with Gasteiger partial charge in [0.1, 0.15) is 11.9 Å². The van der Waals surface area contributed by atoms with Crippen LogP contribution in [0, 0.1) is 0 Å². The second kappa shape index (κ2) is 10.3. The van der Waals surface area contributed by atoms with E-state index in [1.54, 1.807) is 26.0 Å². The predicted octanol–water partition coefficient (Wildman–Crippen LogP) is 4.49.